The summed E-state index contributed by atoms with van der Waals surface area (Å²) < 4.78 is 5.42. The van der Waals surface area contributed by atoms with E-state index in [0.29, 0.717) is 57.9 Å². The van der Waals surface area contributed by atoms with Gasteiger partial charge in [-0.05, 0) is 12.1 Å². The van der Waals surface area contributed by atoms with Gasteiger partial charge in [0.05, 0.1) is 7.11 Å². The molecular formula is C20H27N5O3. The predicted octanol–water partition coefficient (Wildman–Crippen LogP) is 1.07. The molecule has 1 aliphatic heterocycles. The van der Waals surface area contributed by atoms with Crippen molar-refractivity contribution in [3.05, 3.63) is 30.5 Å². The number of pyridine rings is 1. The highest BCUT2D eigenvalue weighted by atomic mass is 16.5. The van der Waals surface area contributed by atoms with Crippen LogP contribution < -0.4 is 15.8 Å². The van der Waals surface area contributed by atoms with Crippen LogP contribution in [0.4, 0.5) is 5.69 Å². The Balaban J connectivity index is 1.50. The number of hydrogen-bond donors (Lipinski definition) is 2. The Bertz CT molecular complexity index is 834. The van der Waals surface area contributed by atoms with Crippen LogP contribution >= 0.6 is 0 Å². The van der Waals surface area contributed by atoms with E-state index in [2.05, 4.69) is 10.3 Å². The maximum Gasteiger partial charge on any atom is 0.224 e. The lowest BCUT2D eigenvalue weighted by Crippen LogP contribution is -2.51. The Hall–Kier alpha value is -2.87. The van der Waals surface area contributed by atoms with Crippen molar-refractivity contribution < 1.29 is 14.3 Å². The van der Waals surface area contributed by atoms with E-state index in [4.69, 9.17) is 10.5 Å². The summed E-state index contributed by atoms with van der Waals surface area (Å²) in [6, 6.07) is 7.75. The number of carbonyl (C=O) groups is 2. The number of hydrogen-bond acceptors (Lipinski definition) is 6. The van der Waals surface area contributed by atoms with Gasteiger partial charge in [0.25, 0.3) is 0 Å². The molecule has 2 amide bonds. The molecule has 8 nitrogen and oxygen atoms in total. The number of nitrogens with two attached hydrogens (primary N) is 1. The molecular weight excluding hydrogens is 358 g/mol. The third-order valence-electron chi connectivity index (χ3n) is 4.90. The maximum absolute atomic E-state index is 12.5. The highest BCUT2D eigenvalue weighted by Crippen LogP contribution is 2.28. The SMILES string of the molecule is COc1cc(NCCC(=O)N2CCN(C(=O)CCN)CC2)cc2cccnc12. The second kappa shape index (κ2) is 9.36. The van der Waals surface area contributed by atoms with Crippen molar-refractivity contribution in [1.29, 1.82) is 0 Å². The van der Waals surface area contributed by atoms with Gasteiger partial charge in [-0.2, -0.15) is 0 Å². The number of aromatic nitrogens is 1. The van der Waals surface area contributed by atoms with Gasteiger partial charge in [0.15, 0.2) is 0 Å². The van der Waals surface area contributed by atoms with Crippen molar-refractivity contribution in [2.75, 3.05) is 51.7 Å². The summed E-state index contributed by atoms with van der Waals surface area (Å²) in [4.78, 5) is 32.3. The molecule has 0 radical (unpaired) electrons. The highest BCUT2D eigenvalue weighted by molar-refractivity contribution is 5.88. The van der Waals surface area contributed by atoms with Crippen molar-refractivity contribution in [1.82, 2.24) is 14.8 Å². The summed E-state index contributed by atoms with van der Waals surface area (Å²) in [6.07, 6.45) is 2.49. The normalized spacial score (nSPS) is 14.2. The van der Waals surface area contributed by atoms with Crippen molar-refractivity contribution in [3.63, 3.8) is 0 Å². The number of ether oxygens (including phenoxy) is 1. The largest absolute Gasteiger partial charge is 0.494 e. The van der Waals surface area contributed by atoms with Gasteiger partial charge in [-0.25, -0.2) is 0 Å². The van der Waals surface area contributed by atoms with E-state index in [1.165, 1.54) is 0 Å². The van der Waals surface area contributed by atoms with Crippen molar-refractivity contribution in [3.8, 4) is 5.75 Å². The summed E-state index contributed by atoms with van der Waals surface area (Å²) in [5, 5.41) is 4.27. The van der Waals surface area contributed by atoms with Gasteiger partial charge >= 0.3 is 0 Å². The van der Waals surface area contributed by atoms with Crippen molar-refractivity contribution in [2.45, 2.75) is 12.8 Å². The zero-order chi connectivity index (χ0) is 19.9. The van der Waals surface area contributed by atoms with Gasteiger partial charge < -0.3 is 25.6 Å². The van der Waals surface area contributed by atoms with E-state index >= 15 is 0 Å². The zero-order valence-corrected chi connectivity index (χ0v) is 16.2. The van der Waals surface area contributed by atoms with Crippen LogP contribution in [0.3, 0.4) is 0 Å². The second-order valence-corrected chi connectivity index (χ2v) is 6.73. The van der Waals surface area contributed by atoms with Gasteiger partial charge in [-0.15, -0.1) is 0 Å². The fraction of sp³-hybridized carbons (Fsp3) is 0.450. The van der Waals surface area contributed by atoms with Crippen molar-refractivity contribution in [2.24, 2.45) is 5.73 Å². The van der Waals surface area contributed by atoms with E-state index < -0.39 is 0 Å². The predicted molar refractivity (Wildman–Crippen MR) is 108 cm³/mol. The Morgan fingerprint density at radius 1 is 1.14 bits per heavy atom. The van der Waals surface area contributed by atoms with E-state index in [1.807, 2.05) is 29.2 Å². The molecule has 3 rings (SSSR count). The van der Waals surface area contributed by atoms with E-state index in [0.717, 1.165) is 16.6 Å². The Kier molecular flexibility index (Phi) is 6.65. The van der Waals surface area contributed by atoms with Gasteiger partial charge in [0.2, 0.25) is 11.8 Å². The van der Waals surface area contributed by atoms with Crippen LogP contribution in [0, 0.1) is 0 Å². The van der Waals surface area contributed by atoms with Crippen LogP contribution in [-0.4, -0.2) is 73.0 Å². The first-order valence-electron chi connectivity index (χ1n) is 9.54. The number of nitrogens with one attached hydrogen (secondary N) is 1. The first-order valence-corrected chi connectivity index (χ1v) is 9.54. The standard InChI is InChI=1S/C20H27N5O3/c1-28-17-14-16(13-15-3-2-7-23-20(15)17)22-8-5-19(27)25-11-9-24(10-12-25)18(26)4-6-21/h2-3,7,13-14,22H,4-6,8-12,21H2,1H3. The average molecular weight is 385 g/mol. The smallest absolute Gasteiger partial charge is 0.224 e. The molecule has 0 bridgehead atoms. The van der Waals surface area contributed by atoms with E-state index in [1.54, 1.807) is 18.2 Å². The van der Waals surface area contributed by atoms with Crippen LogP contribution in [0.5, 0.6) is 5.75 Å². The highest BCUT2D eigenvalue weighted by Gasteiger charge is 2.23. The minimum Gasteiger partial charge on any atom is -0.494 e. The number of anilines is 1. The van der Waals surface area contributed by atoms with Crippen LogP contribution in [-0.2, 0) is 9.59 Å². The monoisotopic (exact) mass is 385 g/mol. The number of methoxy groups -OCH3 is 1. The number of fused-ring (bicyclic) bond motifs is 1. The van der Waals surface area contributed by atoms with Crippen LogP contribution in [0.2, 0.25) is 0 Å². The molecule has 1 aromatic heterocycles. The molecule has 1 aliphatic rings. The fourth-order valence-electron chi connectivity index (χ4n) is 3.38. The number of rotatable bonds is 7. The molecule has 0 unspecified atom stereocenters. The fourth-order valence-corrected chi connectivity index (χ4v) is 3.38. The summed E-state index contributed by atoms with van der Waals surface area (Å²) >= 11 is 0. The van der Waals surface area contributed by atoms with Crippen molar-refractivity contribution >= 4 is 28.4 Å². The molecule has 3 N–H and O–H groups in total. The lowest BCUT2D eigenvalue weighted by Gasteiger charge is -2.35. The molecule has 28 heavy (non-hydrogen) atoms. The molecule has 150 valence electrons. The third kappa shape index (κ3) is 4.69. The third-order valence-corrected chi connectivity index (χ3v) is 4.90. The first kappa shape index (κ1) is 19.9. The number of carbonyl (C=O) groups excluding carboxylic acids is 2. The minimum absolute atomic E-state index is 0.0657. The molecule has 8 heteroatoms. The quantitative estimate of drug-likeness (QED) is 0.739. The Morgan fingerprint density at radius 2 is 1.82 bits per heavy atom. The molecule has 2 aromatic rings. The topological polar surface area (TPSA) is 101 Å². The lowest BCUT2D eigenvalue weighted by molar-refractivity contribution is -0.139. The van der Waals surface area contributed by atoms with Crippen LogP contribution in [0.25, 0.3) is 10.9 Å². The molecule has 2 heterocycles. The molecule has 1 fully saturated rings. The number of benzene rings is 1. The Labute approximate surface area is 164 Å². The first-order chi connectivity index (χ1) is 13.6. The summed E-state index contributed by atoms with van der Waals surface area (Å²) in [7, 11) is 1.62. The zero-order valence-electron chi connectivity index (χ0n) is 16.2. The molecule has 0 atom stereocenters. The average Bonchev–Trinajstić information content (AvgIpc) is 2.73. The Morgan fingerprint density at radius 3 is 2.46 bits per heavy atom. The summed E-state index contributed by atoms with van der Waals surface area (Å²) in [5.74, 6) is 0.856. The summed E-state index contributed by atoms with van der Waals surface area (Å²) in [6.45, 7) is 3.19. The van der Waals surface area contributed by atoms with Gasteiger partial charge in [0.1, 0.15) is 11.3 Å². The van der Waals surface area contributed by atoms with E-state index in [9.17, 15) is 9.59 Å². The number of nitrogens with zero attached hydrogens (tertiary/aromatic N) is 3. The molecule has 0 saturated carbocycles. The molecule has 0 spiro atoms. The minimum atomic E-state index is 0.0657. The maximum atomic E-state index is 12.5. The van der Waals surface area contributed by atoms with Crippen LogP contribution in [0.15, 0.2) is 30.5 Å². The number of piperazine rings is 1. The van der Waals surface area contributed by atoms with Crippen LogP contribution in [0.1, 0.15) is 12.8 Å². The molecule has 1 aromatic carbocycles. The summed E-state index contributed by atoms with van der Waals surface area (Å²) in [5.41, 5.74) is 7.14. The lowest BCUT2D eigenvalue weighted by atomic mass is 10.1. The van der Waals surface area contributed by atoms with Gasteiger partial charge in [-0.3, -0.25) is 14.6 Å². The van der Waals surface area contributed by atoms with E-state index in [-0.39, 0.29) is 11.8 Å². The second-order valence-electron chi connectivity index (χ2n) is 6.73. The van der Waals surface area contributed by atoms with Gasteiger partial charge in [-0.1, -0.05) is 6.07 Å². The molecule has 1 saturated heterocycles. The number of amides is 2. The van der Waals surface area contributed by atoms with Gasteiger partial charge in [0, 0.05) is 75.4 Å². The molecule has 0 aliphatic carbocycles.